The molecule has 0 bridgehead atoms. The molecular formula is C12H16N2O2. The molecule has 2 atom stereocenters. The first-order valence-electron chi connectivity index (χ1n) is 5.45. The summed E-state index contributed by atoms with van der Waals surface area (Å²) >= 11 is 0. The molecule has 1 saturated heterocycles. The van der Waals surface area contributed by atoms with Crippen molar-refractivity contribution >= 4 is 11.6 Å². The van der Waals surface area contributed by atoms with Crippen LogP contribution in [0.25, 0.3) is 0 Å². The number of hydrogen-bond donors (Lipinski definition) is 2. The fraction of sp³-hybridized carbons (Fsp3) is 0.417. The van der Waals surface area contributed by atoms with Crippen molar-refractivity contribution in [1.29, 1.82) is 0 Å². The van der Waals surface area contributed by atoms with Crippen LogP contribution in [-0.2, 0) is 4.79 Å². The van der Waals surface area contributed by atoms with Crippen molar-refractivity contribution in [2.75, 3.05) is 18.1 Å². The molecule has 16 heavy (non-hydrogen) atoms. The summed E-state index contributed by atoms with van der Waals surface area (Å²) < 4.78 is 0. The lowest BCUT2D eigenvalue weighted by Gasteiger charge is -2.36. The monoisotopic (exact) mass is 220 g/mol. The first-order chi connectivity index (χ1) is 7.72. The lowest BCUT2D eigenvalue weighted by molar-refractivity contribution is -0.123. The second-order valence-corrected chi connectivity index (χ2v) is 4.09. The van der Waals surface area contributed by atoms with Gasteiger partial charge in [0.2, 0.25) is 5.91 Å². The highest BCUT2D eigenvalue weighted by molar-refractivity contribution is 5.98. The Kier molecular flexibility index (Phi) is 3.22. The van der Waals surface area contributed by atoms with Crippen molar-refractivity contribution in [1.82, 2.24) is 5.32 Å². The molecule has 0 saturated carbocycles. The van der Waals surface area contributed by atoms with E-state index >= 15 is 0 Å². The zero-order valence-corrected chi connectivity index (χ0v) is 9.26. The zero-order valence-electron chi connectivity index (χ0n) is 9.26. The highest BCUT2D eigenvalue weighted by atomic mass is 16.3. The Morgan fingerprint density at radius 1 is 1.44 bits per heavy atom. The first kappa shape index (κ1) is 11.1. The summed E-state index contributed by atoms with van der Waals surface area (Å²) in [6.07, 6.45) is 0. The third kappa shape index (κ3) is 2.08. The summed E-state index contributed by atoms with van der Waals surface area (Å²) in [4.78, 5) is 13.7. The minimum atomic E-state index is -0.482. The highest BCUT2D eigenvalue weighted by Crippen LogP contribution is 2.17. The standard InChI is InChI=1S/C12H16N2O2/c1-9-7-14(10-5-3-2-4-6-10)12(16)11(8-15)13-9/h2-6,9,11,13,15H,7-8H2,1H3. The molecular weight excluding hydrogens is 204 g/mol. The van der Waals surface area contributed by atoms with E-state index in [1.54, 1.807) is 4.90 Å². The number of carbonyl (C=O) groups is 1. The molecule has 4 nitrogen and oxygen atoms in total. The number of para-hydroxylation sites is 1. The molecule has 0 aliphatic carbocycles. The average molecular weight is 220 g/mol. The van der Waals surface area contributed by atoms with Crippen LogP contribution >= 0.6 is 0 Å². The molecule has 1 aromatic carbocycles. The molecule has 0 aromatic heterocycles. The summed E-state index contributed by atoms with van der Waals surface area (Å²) in [5.41, 5.74) is 0.888. The molecule has 1 aliphatic rings. The molecule has 2 N–H and O–H groups in total. The fourth-order valence-electron chi connectivity index (χ4n) is 1.99. The van der Waals surface area contributed by atoms with Crippen molar-refractivity contribution in [3.8, 4) is 0 Å². The second-order valence-electron chi connectivity index (χ2n) is 4.09. The van der Waals surface area contributed by atoms with Crippen LogP contribution < -0.4 is 10.2 Å². The van der Waals surface area contributed by atoms with Crippen molar-refractivity contribution in [3.63, 3.8) is 0 Å². The van der Waals surface area contributed by atoms with Gasteiger partial charge in [-0.3, -0.25) is 10.1 Å². The average Bonchev–Trinajstić information content (AvgIpc) is 2.33. The van der Waals surface area contributed by atoms with Crippen molar-refractivity contribution < 1.29 is 9.90 Å². The Labute approximate surface area is 94.9 Å². The van der Waals surface area contributed by atoms with E-state index in [-0.39, 0.29) is 18.6 Å². The van der Waals surface area contributed by atoms with Gasteiger partial charge >= 0.3 is 0 Å². The van der Waals surface area contributed by atoms with E-state index < -0.39 is 6.04 Å². The molecule has 1 amide bonds. The Balaban J connectivity index is 2.23. The summed E-state index contributed by atoms with van der Waals surface area (Å²) in [5.74, 6) is -0.0631. The van der Waals surface area contributed by atoms with Crippen LogP contribution in [0, 0.1) is 0 Å². The van der Waals surface area contributed by atoms with Gasteiger partial charge in [-0.25, -0.2) is 0 Å². The van der Waals surface area contributed by atoms with Gasteiger partial charge in [0.1, 0.15) is 6.04 Å². The topological polar surface area (TPSA) is 52.6 Å². The number of nitrogens with one attached hydrogen (secondary N) is 1. The van der Waals surface area contributed by atoms with Gasteiger partial charge in [0.25, 0.3) is 0 Å². The maximum absolute atomic E-state index is 12.0. The fourth-order valence-corrected chi connectivity index (χ4v) is 1.99. The van der Waals surface area contributed by atoms with Crippen LogP contribution in [0.3, 0.4) is 0 Å². The molecule has 2 rings (SSSR count). The SMILES string of the molecule is CC1CN(c2ccccc2)C(=O)C(CO)N1. The van der Waals surface area contributed by atoms with E-state index in [0.29, 0.717) is 6.54 Å². The number of piperazine rings is 1. The Hall–Kier alpha value is -1.39. The van der Waals surface area contributed by atoms with Crippen LogP contribution in [0.15, 0.2) is 30.3 Å². The Bertz CT molecular complexity index is 367. The van der Waals surface area contributed by atoms with E-state index in [1.807, 2.05) is 37.3 Å². The molecule has 0 spiro atoms. The summed E-state index contributed by atoms with van der Waals surface area (Å²) in [6.45, 7) is 2.48. The minimum absolute atomic E-state index is 0.0631. The van der Waals surface area contributed by atoms with Gasteiger partial charge in [-0.1, -0.05) is 18.2 Å². The first-order valence-corrected chi connectivity index (χ1v) is 5.45. The quantitative estimate of drug-likeness (QED) is 0.757. The van der Waals surface area contributed by atoms with Gasteiger partial charge in [-0.15, -0.1) is 0 Å². The molecule has 1 fully saturated rings. The number of hydrogen-bond acceptors (Lipinski definition) is 3. The van der Waals surface area contributed by atoms with Gasteiger partial charge in [0.15, 0.2) is 0 Å². The van der Waals surface area contributed by atoms with Gasteiger partial charge in [0.05, 0.1) is 6.61 Å². The van der Waals surface area contributed by atoms with Crippen LogP contribution in [0.1, 0.15) is 6.92 Å². The van der Waals surface area contributed by atoms with Crippen LogP contribution in [0.2, 0.25) is 0 Å². The third-order valence-electron chi connectivity index (χ3n) is 2.76. The lowest BCUT2D eigenvalue weighted by Crippen LogP contribution is -2.60. The summed E-state index contributed by atoms with van der Waals surface area (Å²) in [6, 6.07) is 9.25. The van der Waals surface area contributed by atoms with Crippen molar-refractivity contribution in [2.45, 2.75) is 19.0 Å². The normalized spacial score (nSPS) is 25.9. The molecule has 86 valence electrons. The van der Waals surface area contributed by atoms with Crippen molar-refractivity contribution in [2.24, 2.45) is 0 Å². The molecule has 4 heteroatoms. The maximum Gasteiger partial charge on any atom is 0.246 e. The number of anilines is 1. The molecule has 1 aliphatic heterocycles. The molecule has 2 unspecified atom stereocenters. The summed E-state index contributed by atoms with van der Waals surface area (Å²) in [7, 11) is 0. The third-order valence-corrected chi connectivity index (χ3v) is 2.76. The van der Waals surface area contributed by atoms with E-state index in [4.69, 9.17) is 5.11 Å². The van der Waals surface area contributed by atoms with Gasteiger partial charge in [0, 0.05) is 18.3 Å². The Morgan fingerprint density at radius 2 is 2.12 bits per heavy atom. The lowest BCUT2D eigenvalue weighted by atomic mass is 10.1. The molecule has 1 aromatic rings. The number of rotatable bonds is 2. The molecule has 0 radical (unpaired) electrons. The van der Waals surface area contributed by atoms with Crippen LogP contribution in [-0.4, -0.2) is 36.2 Å². The smallest absolute Gasteiger partial charge is 0.246 e. The van der Waals surface area contributed by atoms with Crippen LogP contribution in [0.5, 0.6) is 0 Å². The summed E-state index contributed by atoms with van der Waals surface area (Å²) in [5, 5.41) is 12.2. The highest BCUT2D eigenvalue weighted by Gasteiger charge is 2.31. The zero-order chi connectivity index (χ0) is 11.5. The van der Waals surface area contributed by atoms with Crippen molar-refractivity contribution in [3.05, 3.63) is 30.3 Å². The maximum atomic E-state index is 12.0. The predicted octanol–water partition coefficient (Wildman–Crippen LogP) is 0.372. The predicted molar refractivity (Wildman–Crippen MR) is 62.3 cm³/mol. The number of amides is 1. The van der Waals surface area contributed by atoms with Gasteiger partial charge in [-0.2, -0.15) is 0 Å². The number of benzene rings is 1. The van der Waals surface area contributed by atoms with E-state index in [2.05, 4.69) is 5.32 Å². The van der Waals surface area contributed by atoms with E-state index in [0.717, 1.165) is 5.69 Å². The van der Waals surface area contributed by atoms with E-state index in [1.165, 1.54) is 0 Å². The van der Waals surface area contributed by atoms with Gasteiger partial charge < -0.3 is 10.0 Å². The van der Waals surface area contributed by atoms with Gasteiger partial charge in [-0.05, 0) is 19.1 Å². The molecule has 1 heterocycles. The van der Waals surface area contributed by atoms with E-state index in [9.17, 15) is 4.79 Å². The minimum Gasteiger partial charge on any atom is -0.394 e. The number of aliphatic hydroxyl groups excluding tert-OH is 1. The second kappa shape index (κ2) is 4.63. The number of carbonyl (C=O) groups excluding carboxylic acids is 1. The van der Waals surface area contributed by atoms with Crippen LogP contribution in [0.4, 0.5) is 5.69 Å². The number of nitrogens with zero attached hydrogens (tertiary/aromatic N) is 1. The Morgan fingerprint density at radius 3 is 2.75 bits per heavy atom. The number of aliphatic hydroxyl groups is 1. The largest absolute Gasteiger partial charge is 0.394 e.